The van der Waals surface area contributed by atoms with Crippen LogP contribution in [0, 0.1) is 10.1 Å². The monoisotopic (exact) mass is 356 g/mol. The zero-order valence-corrected chi connectivity index (χ0v) is 16.7. The van der Waals surface area contributed by atoms with Crippen LogP contribution < -0.4 is 9.80 Å². The minimum atomic E-state index is -0.619. The van der Waals surface area contributed by atoms with Gasteiger partial charge in [0.05, 0.1) is 7.11 Å². The molecule has 0 aliphatic carbocycles. The molecule has 26 heavy (non-hydrogen) atoms. The first-order chi connectivity index (χ1) is 11.9. The number of benzene rings is 2. The standard InChI is InChI=1S/C21H28N2O3/c1-20(2,3)22(24)16-12-15(18-10-8-9-11-19(18)26-7)13-17(14-16)23(25)21(4,5)6/h8-14H,1-7H3. The minimum Gasteiger partial charge on any atom is -0.758 e. The van der Waals surface area contributed by atoms with Gasteiger partial charge in [0.25, 0.3) is 5.69 Å². The van der Waals surface area contributed by atoms with E-state index in [2.05, 4.69) is 0 Å². The van der Waals surface area contributed by atoms with Gasteiger partial charge in [0.15, 0.2) is 0 Å². The Morgan fingerprint density at radius 3 is 2.15 bits per heavy atom. The van der Waals surface area contributed by atoms with E-state index in [9.17, 15) is 10.1 Å². The molecule has 0 radical (unpaired) electrons. The van der Waals surface area contributed by atoms with Crippen molar-refractivity contribution in [3.63, 3.8) is 0 Å². The third kappa shape index (κ3) is 4.22. The van der Waals surface area contributed by atoms with Crippen molar-refractivity contribution in [2.45, 2.75) is 52.6 Å². The summed E-state index contributed by atoms with van der Waals surface area (Å²) in [5.41, 5.74) is 1.26. The minimum absolute atomic E-state index is 0.445. The summed E-state index contributed by atoms with van der Waals surface area (Å²) in [6.45, 7) is 11.0. The Morgan fingerprint density at radius 1 is 1.00 bits per heavy atom. The van der Waals surface area contributed by atoms with E-state index in [1.165, 1.54) is 0 Å². The van der Waals surface area contributed by atoms with Crippen molar-refractivity contribution in [3.8, 4) is 16.9 Å². The van der Waals surface area contributed by atoms with E-state index < -0.39 is 11.1 Å². The lowest BCUT2D eigenvalue weighted by molar-refractivity contribution is -0.540. The highest BCUT2D eigenvalue weighted by Crippen LogP contribution is 2.37. The first kappa shape index (κ1) is 19.9. The second-order valence-corrected chi connectivity index (χ2v) is 8.37. The largest absolute Gasteiger partial charge is 0.758 e. The average molecular weight is 356 g/mol. The van der Waals surface area contributed by atoms with Gasteiger partial charge in [0.2, 0.25) is 5.54 Å². The average Bonchev–Trinajstić information content (AvgIpc) is 2.58. The summed E-state index contributed by atoms with van der Waals surface area (Å²) < 4.78 is 6.39. The van der Waals surface area contributed by atoms with Crippen LogP contribution >= 0.6 is 0 Å². The highest BCUT2D eigenvalue weighted by molar-refractivity contribution is 5.77. The summed E-state index contributed by atoms with van der Waals surface area (Å²) in [6, 6.07) is 12.8. The zero-order chi connectivity index (χ0) is 19.7. The Hall–Kier alpha value is -2.40. The van der Waals surface area contributed by atoms with Gasteiger partial charge in [0, 0.05) is 59.4 Å². The molecule has 140 valence electrons. The highest BCUT2D eigenvalue weighted by Gasteiger charge is 2.32. The lowest BCUT2D eigenvalue weighted by atomic mass is 10.00. The Balaban J connectivity index is 2.70. The van der Waals surface area contributed by atoms with E-state index in [1.807, 2.05) is 65.8 Å². The Labute approximate surface area is 155 Å². The van der Waals surface area contributed by atoms with Gasteiger partial charge in [-0.25, -0.2) is 0 Å². The van der Waals surface area contributed by atoms with Gasteiger partial charge in [-0.3, -0.25) is 0 Å². The first-order valence-corrected chi connectivity index (χ1v) is 8.68. The van der Waals surface area contributed by atoms with E-state index >= 15 is 0 Å². The predicted molar refractivity (Wildman–Crippen MR) is 107 cm³/mol. The van der Waals surface area contributed by atoms with Gasteiger partial charge in [0.1, 0.15) is 5.75 Å². The molecule has 5 nitrogen and oxygen atoms in total. The molecule has 0 saturated heterocycles. The van der Waals surface area contributed by atoms with Crippen molar-refractivity contribution in [2.75, 3.05) is 12.2 Å². The van der Waals surface area contributed by atoms with E-state index in [-0.39, 0.29) is 0 Å². The SMILES string of the molecule is COc1ccccc1-c1cc(N([O-])C(C)(C)C)cc([N+](=O)C(C)(C)C)c1. The quantitative estimate of drug-likeness (QED) is 0.523. The molecule has 0 amide bonds. The summed E-state index contributed by atoms with van der Waals surface area (Å²) in [6.07, 6.45) is 0. The first-order valence-electron chi connectivity index (χ1n) is 8.68. The van der Waals surface area contributed by atoms with Crippen molar-refractivity contribution in [2.24, 2.45) is 0 Å². The second kappa shape index (κ2) is 7.08. The highest BCUT2D eigenvalue weighted by atomic mass is 16.5. The van der Waals surface area contributed by atoms with Crippen LogP contribution in [0.2, 0.25) is 0 Å². The normalized spacial score (nSPS) is 12.0. The zero-order valence-electron chi connectivity index (χ0n) is 16.7. The molecule has 0 spiro atoms. The summed E-state index contributed by atoms with van der Waals surface area (Å²) in [7, 11) is 1.60. The predicted octanol–water partition coefficient (Wildman–Crippen LogP) is 5.67. The number of para-hydroxylation sites is 1. The maximum Gasteiger partial charge on any atom is 0.259 e. The van der Waals surface area contributed by atoms with Crippen LogP contribution in [0.3, 0.4) is 0 Å². The van der Waals surface area contributed by atoms with Gasteiger partial charge < -0.3 is 15.0 Å². The fourth-order valence-electron chi connectivity index (χ4n) is 2.64. The van der Waals surface area contributed by atoms with Crippen LogP contribution in [-0.4, -0.2) is 22.9 Å². The van der Waals surface area contributed by atoms with Crippen LogP contribution in [0.5, 0.6) is 5.75 Å². The lowest BCUT2D eigenvalue weighted by Crippen LogP contribution is -2.36. The summed E-state index contributed by atoms with van der Waals surface area (Å²) in [4.78, 5) is 12.8. The smallest absolute Gasteiger partial charge is 0.259 e. The molecule has 0 heterocycles. The number of rotatable bonds is 4. The fraction of sp³-hybridized carbons (Fsp3) is 0.429. The summed E-state index contributed by atoms with van der Waals surface area (Å²) >= 11 is 0. The number of hydroxylamine groups is 1. The topological polar surface area (TPSA) is 55.6 Å². The van der Waals surface area contributed by atoms with E-state index in [4.69, 9.17) is 4.74 Å². The molecule has 0 aromatic heterocycles. The molecule has 2 aromatic carbocycles. The van der Waals surface area contributed by atoms with E-state index in [0.717, 1.165) is 21.0 Å². The Kier molecular flexibility index (Phi) is 5.42. The maximum absolute atomic E-state index is 12.8. The molecule has 5 heteroatoms. The maximum atomic E-state index is 12.8. The third-order valence-corrected chi connectivity index (χ3v) is 4.01. The molecule has 0 aliphatic heterocycles. The van der Waals surface area contributed by atoms with Gasteiger partial charge in [-0.1, -0.05) is 18.2 Å². The van der Waals surface area contributed by atoms with Crippen molar-refractivity contribution >= 4 is 11.4 Å². The fourth-order valence-corrected chi connectivity index (χ4v) is 2.64. The van der Waals surface area contributed by atoms with Crippen molar-refractivity contribution < 1.29 is 9.50 Å². The van der Waals surface area contributed by atoms with Gasteiger partial charge in [-0.2, -0.15) is 0 Å². The third-order valence-electron chi connectivity index (χ3n) is 4.01. The van der Waals surface area contributed by atoms with Crippen molar-refractivity contribution in [3.05, 3.63) is 52.6 Å². The molecule has 2 aromatic rings. The van der Waals surface area contributed by atoms with Gasteiger partial charge in [-0.05, 0) is 38.5 Å². The van der Waals surface area contributed by atoms with Gasteiger partial charge >= 0.3 is 0 Å². The Bertz CT molecular complexity index is 802. The van der Waals surface area contributed by atoms with Crippen LogP contribution in [0.1, 0.15) is 41.5 Å². The number of hydrogen-bond donors (Lipinski definition) is 0. The molecule has 0 saturated carbocycles. The van der Waals surface area contributed by atoms with E-state index in [1.54, 1.807) is 25.3 Å². The number of anilines is 1. The number of nitrogens with zero attached hydrogens (tertiary/aromatic N) is 2. The van der Waals surface area contributed by atoms with Crippen LogP contribution in [0.25, 0.3) is 11.1 Å². The summed E-state index contributed by atoms with van der Waals surface area (Å²) in [5, 5.41) is 13.7. The Morgan fingerprint density at radius 2 is 1.62 bits per heavy atom. The molecule has 2 rings (SSSR count). The molecule has 0 aliphatic rings. The van der Waals surface area contributed by atoms with Crippen LogP contribution in [0.15, 0.2) is 42.5 Å². The number of ether oxygens (including phenoxy) is 1. The molecule has 0 unspecified atom stereocenters. The van der Waals surface area contributed by atoms with Gasteiger partial charge in [-0.15, -0.1) is 0 Å². The van der Waals surface area contributed by atoms with E-state index in [0.29, 0.717) is 17.1 Å². The molecular formula is C21H28N2O3. The number of hydrogen-bond acceptors (Lipinski definition) is 4. The van der Waals surface area contributed by atoms with Crippen molar-refractivity contribution in [1.82, 2.24) is 0 Å². The number of nitroso groups, excluding NO2 is 1. The molecule has 0 fully saturated rings. The number of methoxy groups -OCH3 is 1. The summed E-state index contributed by atoms with van der Waals surface area (Å²) in [5.74, 6) is 0.692. The van der Waals surface area contributed by atoms with Crippen LogP contribution in [0.4, 0.5) is 11.4 Å². The molecule has 0 bridgehead atoms. The molecular weight excluding hydrogens is 328 g/mol. The van der Waals surface area contributed by atoms with Crippen LogP contribution in [-0.2, 0) is 0 Å². The van der Waals surface area contributed by atoms with Crippen molar-refractivity contribution in [1.29, 1.82) is 0 Å². The molecule has 0 atom stereocenters. The molecule has 0 N–H and O–H groups in total. The lowest BCUT2D eigenvalue weighted by Gasteiger charge is -2.43. The second-order valence-electron chi connectivity index (χ2n) is 8.37.